The van der Waals surface area contributed by atoms with Crippen molar-refractivity contribution < 1.29 is 18.7 Å². The first-order valence-corrected chi connectivity index (χ1v) is 9.57. The summed E-state index contributed by atoms with van der Waals surface area (Å²) >= 11 is 3.35. The number of rotatable bonds is 5. The highest BCUT2D eigenvalue weighted by atomic mass is 79.9. The standard InChI is InChI=1S/C20H16BrFN4O3/c21-14-2-4-17-18(8-14)29-11-20(28)26(17)10-19(27)24-9-13-1-3-16(15(22)7-13)25-6-5-23-12-25/h1-8,12H,9-11H2,(H,24,27). The highest BCUT2D eigenvalue weighted by molar-refractivity contribution is 9.10. The van der Waals surface area contributed by atoms with Gasteiger partial charge in [-0.2, -0.15) is 0 Å². The van der Waals surface area contributed by atoms with Gasteiger partial charge in [-0.05, 0) is 35.9 Å². The summed E-state index contributed by atoms with van der Waals surface area (Å²) in [6.07, 6.45) is 4.72. The molecule has 0 fully saturated rings. The number of imidazole rings is 1. The van der Waals surface area contributed by atoms with Gasteiger partial charge in [-0.3, -0.25) is 14.5 Å². The molecule has 1 aromatic heterocycles. The Bertz CT molecular complexity index is 1070. The lowest BCUT2D eigenvalue weighted by Crippen LogP contribution is -2.45. The van der Waals surface area contributed by atoms with E-state index in [0.29, 0.717) is 22.7 Å². The Labute approximate surface area is 174 Å². The zero-order valence-corrected chi connectivity index (χ0v) is 16.7. The average molecular weight is 459 g/mol. The zero-order valence-electron chi connectivity index (χ0n) is 15.1. The molecular formula is C20H16BrFN4O3. The lowest BCUT2D eigenvalue weighted by molar-refractivity contribution is -0.125. The molecule has 0 spiro atoms. The summed E-state index contributed by atoms with van der Waals surface area (Å²) < 4.78 is 22.1. The smallest absolute Gasteiger partial charge is 0.265 e. The van der Waals surface area contributed by atoms with E-state index in [2.05, 4.69) is 26.2 Å². The number of amides is 2. The number of benzene rings is 2. The van der Waals surface area contributed by atoms with E-state index in [1.165, 1.54) is 17.3 Å². The molecule has 1 aliphatic rings. The minimum Gasteiger partial charge on any atom is -0.482 e. The van der Waals surface area contributed by atoms with Gasteiger partial charge < -0.3 is 14.6 Å². The largest absolute Gasteiger partial charge is 0.482 e. The van der Waals surface area contributed by atoms with E-state index in [1.807, 2.05) is 0 Å². The molecule has 1 N–H and O–H groups in total. The number of nitrogens with one attached hydrogen (secondary N) is 1. The summed E-state index contributed by atoms with van der Waals surface area (Å²) in [4.78, 5) is 29.9. The highest BCUT2D eigenvalue weighted by Crippen LogP contribution is 2.34. The number of carbonyl (C=O) groups excluding carboxylic acids is 2. The molecule has 2 amide bonds. The second kappa shape index (κ2) is 8.04. The van der Waals surface area contributed by atoms with Crippen LogP contribution in [0.25, 0.3) is 5.69 Å². The van der Waals surface area contributed by atoms with Crippen LogP contribution in [0.15, 0.2) is 59.6 Å². The van der Waals surface area contributed by atoms with Crippen molar-refractivity contribution in [2.45, 2.75) is 6.54 Å². The summed E-state index contributed by atoms with van der Waals surface area (Å²) in [5.41, 5.74) is 1.52. The lowest BCUT2D eigenvalue weighted by Gasteiger charge is -2.29. The van der Waals surface area contributed by atoms with Crippen molar-refractivity contribution in [1.82, 2.24) is 14.9 Å². The van der Waals surface area contributed by atoms with Gasteiger partial charge in [0, 0.05) is 23.4 Å². The molecule has 0 bridgehead atoms. The summed E-state index contributed by atoms with van der Waals surface area (Å²) in [7, 11) is 0. The number of hydrogen-bond donors (Lipinski definition) is 1. The van der Waals surface area contributed by atoms with Crippen molar-refractivity contribution in [3.05, 3.63) is 71.0 Å². The molecule has 2 heterocycles. The van der Waals surface area contributed by atoms with Gasteiger partial charge in [0.1, 0.15) is 18.1 Å². The van der Waals surface area contributed by atoms with Crippen molar-refractivity contribution in [3.8, 4) is 11.4 Å². The van der Waals surface area contributed by atoms with Gasteiger partial charge in [0.2, 0.25) is 5.91 Å². The molecule has 1 aliphatic heterocycles. The Hall–Kier alpha value is -3.20. The maximum Gasteiger partial charge on any atom is 0.265 e. The molecule has 0 saturated heterocycles. The van der Waals surface area contributed by atoms with Crippen molar-refractivity contribution in [2.75, 3.05) is 18.1 Å². The number of ether oxygens (including phenoxy) is 1. The van der Waals surface area contributed by atoms with Crippen LogP contribution in [0.4, 0.5) is 10.1 Å². The van der Waals surface area contributed by atoms with Crippen molar-refractivity contribution in [1.29, 1.82) is 0 Å². The van der Waals surface area contributed by atoms with Gasteiger partial charge >= 0.3 is 0 Å². The third-order valence-electron chi connectivity index (χ3n) is 4.45. The Morgan fingerprint density at radius 1 is 1.24 bits per heavy atom. The van der Waals surface area contributed by atoms with E-state index in [-0.39, 0.29) is 31.5 Å². The fourth-order valence-corrected chi connectivity index (χ4v) is 3.36. The minimum absolute atomic E-state index is 0.127. The number of hydrogen-bond acceptors (Lipinski definition) is 4. The molecule has 9 heteroatoms. The fraction of sp³-hybridized carbons (Fsp3) is 0.150. The number of anilines is 1. The first-order valence-electron chi connectivity index (χ1n) is 8.77. The predicted octanol–water partition coefficient (Wildman–Crippen LogP) is 2.82. The summed E-state index contributed by atoms with van der Waals surface area (Å²) in [5.74, 6) is -0.541. The van der Waals surface area contributed by atoms with Gasteiger partial charge in [0.05, 0.1) is 17.7 Å². The highest BCUT2D eigenvalue weighted by Gasteiger charge is 2.27. The van der Waals surface area contributed by atoms with Crippen LogP contribution in [-0.4, -0.2) is 34.5 Å². The first-order chi connectivity index (χ1) is 14.0. The van der Waals surface area contributed by atoms with Crippen LogP contribution in [0, 0.1) is 5.82 Å². The number of aromatic nitrogens is 2. The van der Waals surface area contributed by atoms with Crippen LogP contribution in [0.2, 0.25) is 0 Å². The molecule has 148 valence electrons. The van der Waals surface area contributed by atoms with Gasteiger partial charge in [0.15, 0.2) is 6.61 Å². The van der Waals surface area contributed by atoms with Crippen LogP contribution >= 0.6 is 15.9 Å². The van der Waals surface area contributed by atoms with Crippen LogP contribution < -0.4 is 15.0 Å². The normalized spacial score (nSPS) is 13.0. The van der Waals surface area contributed by atoms with Crippen molar-refractivity contribution in [3.63, 3.8) is 0 Å². The predicted molar refractivity (Wildman–Crippen MR) is 107 cm³/mol. The Balaban J connectivity index is 1.41. The Morgan fingerprint density at radius 3 is 2.83 bits per heavy atom. The maximum atomic E-state index is 14.3. The van der Waals surface area contributed by atoms with E-state index in [1.54, 1.807) is 47.3 Å². The van der Waals surface area contributed by atoms with Gasteiger partial charge in [-0.25, -0.2) is 9.37 Å². The first kappa shape index (κ1) is 19.1. The summed E-state index contributed by atoms with van der Waals surface area (Å²) in [6, 6.07) is 9.95. The molecule has 0 unspecified atom stereocenters. The quantitative estimate of drug-likeness (QED) is 0.637. The molecule has 7 nitrogen and oxygen atoms in total. The SMILES string of the molecule is O=C(CN1C(=O)COc2cc(Br)ccc21)NCc1ccc(-n2ccnc2)c(F)c1. The van der Waals surface area contributed by atoms with E-state index in [9.17, 15) is 14.0 Å². The van der Waals surface area contributed by atoms with Crippen LogP contribution in [0.3, 0.4) is 0 Å². The van der Waals surface area contributed by atoms with Crippen LogP contribution in [0.1, 0.15) is 5.56 Å². The molecular weight excluding hydrogens is 443 g/mol. The van der Waals surface area contributed by atoms with Crippen molar-refractivity contribution >= 4 is 33.4 Å². The lowest BCUT2D eigenvalue weighted by atomic mass is 10.2. The molecule has 0 aliphatic carbocycles. The second-order valence-corrected chi connectivity index (χ2v) is 7.33. The van der Waals surface area contributed by atoms with E-state index < -0.39 is 5.82 Å². The second-order valence-electron chi connectivity index (χ2n) is 6.41. The molecule has 3 aromatic rings. The summed E-state index contributed by atoms with van der Waals surface area (Å²) in [5, 5.41) is 2.72. The fourth-order valence-electron chi connectivity index (χ4n) is 3.02. The van der Waals surface area contributed by atoms with Gasteiger partial charge in [-0.15, -0.1) is 0 Å². The molecule has 0 saturated carbocycles. The Kier molecular flexibility index (Phi) is 5.30. The third-order valence-corrected chi connectivity index (χ3v) is 4.94. The van der Waals surface area contributed by atoms with E-state index in [4.69, 9.17) is 4.74 Å². The third kappa shape index (κ3) is 4.14. The molecule has 29 heavy (non-hydrogen) atoms. The molecule has 2 aromatic carbocycles. The average Bonchev–Trinajstić information content (AvgIpc) is 3.23. The monoisotopic (exact) mass is 458 g/mol. The number of nitrogens with zero attached hydrogens (tertiary/aromatic N) is 3. The summed E-state index contributed by atoms with van der Waals surface area (Å²) in [6.45, 7) is -0.129. The van der Waals surface area contributed by atoms with Crippen LogP contribution in [-0.2, 0) is 16.1 Å². The van der Waals surface area contributed by atoms with Gasteiger partial charge in [0.25, 0.3) is 5.91 Å². The number of halogens is 2. The van der Waals surface area contributed by atoms with E-state index >= 15 is 0 Å². The number of carbonyl (C=O) groups is 2. The Morgan fingerprint density at radius 2 is 2.07 bits per heavy atom. The zero-order chi connectivity index (χ0) is 20.4. The number of fused-ring (bicyclic) bond motifs is 1. The van der Waals surface area contributed by atoms with Crippen molar-refractivity contribution in [2.24, 2.45) is 0 Å². The topological polar surface area (TPSA) is 76.5 Å². The maximum absolute atomic E-state index is 14.3. The molecule has 0 atom stereocenters. The molecule has 4 rings (SSSR count). The van der Waals surface area contributed by atoms with Crippen LogP contribution in [0.5, 0.6) is 5.75 Å². The molecule has 0 radical (unpaired) electrons. The van der Waals surface area contributed by atoms with Gasteiger partial charge in [-0.1, -0.05) is 22.0 Å². The minimum atomic E-state index is -0.419. The van der Waals surface area contributed by atoms with E-state index in [0.717, 1.165) is 4.47 Å².